The number of fused-ring (bicyclic) bond motifs is 1. The first-order valence-electron chi connectivity index (χ1n) is 12.1. The van der Waals surface area contributed by atoms with Gasteiger partial charge in [0, 0.05) is 6.42 Å². The second-order valence-electron chi connectivity index (χ2n) is 10.6. The number of nitrogens with zero attached hydrogens (tertiary/aromatic N) is 1. The molecule has 1 saturated heterocycles. The van der Waals surface area contributed by atoms with Crippen LogP contribution >= 0.6 is 0 Å². The van der Waals surface area contributed by atoms with Crippen LogP contribution in [0, 0.1) is 12.8 Å². The highest BCUT2D eigenvalue weighted by Gasteiger charge is 2.52. The number of allylic oxidation sites excluding steroid dienone is 1. The molecule has 0 spiro atoms. The monoisotopic (exact) mass is 492 g/mol. The Morgan fingerprint density at radius 1 is 1.09 bits per heavy atom. The highest BCUT2D eigenvalue weighted by molar-refractivity contribution is 7.89. The number of hydrogen-bond donors (Lipinski definition) is 1. The van der Waals surface area contributed by atoms with Gasteiger partial charge in [-0.05, 0) is 54.4 Å². The fourth-order valence-corrected chi connectivity index (χ4v) is 12.7. The maximum Gasteiger partial charge on any atom is 0.280 e. The molecule has 1 N–H and O–H groups in total. The molecule has 1 aromatic carbocycles. The van der Waals surface area contributed by atoms with E-state index in [1.165, 1.54) is 0 Å². The summed E-state index contributed by atoms with van der Waals surface area (Å²) in [5.74, 6) is -0.413. The first kappa shape index (κ1) is 26.1. The number of sulfonamides is 1. The molecule has 6 nitrogen and oxygen atoms in total. The SMILES string of the molecule is Cc1ccc(S(=O)(=O)N2N[C@]3(CO[Si](C(C)C)(C(C)C)C(C)C)C=CCC[C@@H]3CC2=O)cc1. The van der Waals surface area contributed by atoms with Crippen LogP contribution < -0.4 is 5.43 Å². The normalized spacial score (nSPS) is 24.1. The molecule has 3 rings (SSSR count). The van der Waals surface area contributed by atoms with Crippen molar-refractivity contribution in [2.24, 2.45) is 5.92 Å². The van der Waals surface area contributed by atoms with Crippen molar-refractivity contribution in [3.63, 3.8) is 0 Å². The standard InChI is InChI=1S/C25H40N2O4SSi/c1-18(2)33(19(3)4,20(5)6)31-17-25-15-9-8-10-22(25)16-24(28)27(26-25)32(29,30)23-13-11-21(7)12-14-23/h9,11-15,18-20,22,26H,8,10,16-17H2,1-7H3/t22-,25+/m1/s1. The lowest BCUT2D eigenvalue weighted by Gasteiger charge is -2.51. The van der Waals surface area contributed by atoms with Gasteiger partial charge in [0.25, 0.3) is 15.9 Å². The number of benzene rings is 1. The van der Waals surface area contributed by atoms with Gasteiger partial charge in [-0.2, -0.15) is 12.8 Å². The summed E-state index contributed by atoms with van der Waals surface area (Å²) in [5, 5.41) is 0. The number of rotatable bonds is 8. The molecule has 1 heterocycles. The summed E-state index contributed by atoms with van der Waals surface area (Å²) < 4.78 is 34.7. The van der Waals surface area contributed by atoms with E-state index in [0.717, 1.165) is 22.8 Å². The minimum atomic E-state index is -4.02. The lowest BCUT2D eigenvalue weighted by molar-refractivity contribution is -0.137. The predicted molar refractivity (Wildman–Crippen MR) is 135 cm³/mol. The zero-order valence-corrected chi connectivity index (χ0v) is 22.9. The van der Waals surface area contributed by atoms with Crippen LogP contribution in [-0.4, -0.2) is 39.2 Å². The summed E-state index contributed by atoms with van der Waals surface area (Å²) in [6, 6.07) is 6.61. The van der Waals surface area contributed by atoms with Crippen molar-refractivity contribution in [3.05, 3.63) is 42.0 Å². The molecular weight excluding hydrogens is 452 g/mol. The summed E-state index contributed by atoms with van der Waals surface area (Å²) in [5.41, 5.74) is 4.65. The Bertz CT molecular complexity index is 966. The van der Waals surface area contributed by atoms with Gasteiger partial charge in [0.05, 0.1) is 17.0 Å². The van der Waals surface area contributed by atoms with Crippen molar-refractivity contribution in [3.8, 4) is 0 Å². The highest BCUT2D eigenvalue weighted by Crippen LogP contribution is 2.45. The Morgan fingerprint density at radius 2 is 1.67 bits per heavy atom. The van der Waals surface area contributed by atoms with Gasteiger partial charge in [0.2, 0.25) is 0 Å². The van der Waals surface area contributed by atoms with Crippen molar-refractivity contribution < 1.29 is 17.6 Å². The Morgan fingerprint density at radius 3 is 2.21 bits per heavy atom. The van der Waals surface area contributed by atoms with Crippen molar-refractivity contribution in [1.82, 2.24) is 9.84 Å². The zero-order valence-electron chi connectivity index (χ0n) is 21.1. The van der Waals surface area contributed by atoms with Crippen LogP contribution in [-0.2, 0) is 19.2 Å². The van der Waals surface area contributed by atoms with Crippen LogP contribution in [0.25, 0.3) is 0 Å². The molecule has 0 aromatic heterocycles. The molecule has 0 unspecified atom stereocenters. The molecule has 1 aliphatic carbocycles. The number of hydrazine groups is 1. The van der Waals surface area contributed by atoms with Crippen LogP contribution in [0.15, 0.2) is 41.3 Å². The van der Waals surface area contributed by atoms with E-state index in [1.54, 1.807) is 24.3 Å². The number of carbonyl (C=O) groups is 1. The maximum absolute atomic E-state index is 13.4. The fraction of sp³-hybridized carbons (Fsp3) is 0.640. The number of amides is 1. The first-order chi connectivity index (χ1) is 15.4. The van der Waals surface area contributed by atoms with E-state index in [1.807, 2.05) is 13.0 Å². The molecule has 2 atom stereocenters. The van der Waals surface area contributed by atoms with Crippen LogP contribution in [0.2, 0.25) is 16.6 Å². The van der Waals surface area contributed by atoms with Crippen molar-refractivity contribution >= 4 is 24.2 Å². The van der Waals surface area contributed by atoms with Crippen LogP contribution in [0.5, 0.6) is 0 Å². The molecule has 0 radical (unpaired) electrons. The van der Waals surface area contributed by atoms with Crippen LogP contribution in [0.1, 0.15) is 66.4 Å². The van der Waals surface area contributed by atoms with Gasteiger partial charge in [-0.15, -0.1) is 0 Å². The van der Waals surface area contributed by atoms with E-state index >= 15 is 0 Å². The summed E-state index contributed by atoms with van der Waals surface area (Å²) in [7, 11) is -6.20. The smallest absolute Gasteiger partial charge is 0.280 e. The third-order valence-corrected chi connectivity index (χ3v) is 15.3. The molecule has 1 aromatic rings. The third kappa shape index (κ3) is 4.72. The molecule has 0 saturated carbocycles. The van der Waals surface area contributed by atoms with E-state index in [-0.39, 0.29) is 17.2 Å². The molecule has 33 heavy (non-hydrogen) atoms. The summed E-state index contributed by atoms with van der Waals surface area (Å²) in [6.07, 6.45) is 6.03. The van der Waals surface area contributed by atoms with Gasteiger partial charge in [0.1, 0.15) is 0 Å². The molecule has 0 bridgehead atoms. The van der Waals surface area contributed by atoms with Crippen LogP contribution in [0.4, 0.5) is 0 Å². The molecule has 2 aliphatic rings. The van der Waals surface area contributed by atoms with Crippen LogP contribution in [0.3, 0.4) is 0 Å². The first-order valence-corrected chi connectivity index (χ1v) is 15.7. The van der Waals surface area contributed by atoms with E-state index < -0.39 is 29.8 Å². The minimum absolute atomic E-state index is 0.00217. The highest BCUT2D eigenvalue weighted by atomic mass is 32.2. The van der Waals surface area contributed by atoms with Gasteiger partial charge in [-0.25, -0.2) is 5.43 Å². The van der Waals surface area contributed by atoms with Gasteiger partial charge in [-0.3, -0.25) is 4.79 Å². The predicted octanol–water partition coefficient (Wildman–Crippen LogP) is 5.32. The second kappa shape index (κ2) is 9.64. The second-order valence-corrected chi connectivity index (χ2v) is 17.9. The number of aryl methyl sites for hydroxylation is 1. The fourth-order valence-electron chi connectivity index (χ4n) is 5.89. The molecule has 1 amide bonds. The Kier molecular flexibility index (Phi) is 7.63. The van der Waals surface area contributed by atoms with E-state index in [9.17, 15) is 13.2 Å². The molecular formula is C25H40N2O4SSi. The number of nitrogens with one attached hydrogen (secondary N) is 1. The largest absolute Gasteiger partial charge is 0.414 e. The molecule has 1 aliphatic heterocycles. The topological polar surface area (TPSA) is 75.7 Å². The Balaban J connectivity index is 1.98. The van der Waals surface area contributed by atoms with Gasteiger partial charge in [-0.1, -0.05) is 71.4 Å². The number of carbonyl (C=O) groups excluding carboxylic acids is 1. The van der Waals surface area contributed by atoms with Gasteiger partial charge in [0.15, 0.2) is 8.32 Å². The summed E-state index contributed by atoms with van der Waals surface area (Å²) in [4.78, 5) is 13.1. The molecule has 8 heteroatoms. The lowest BCUT2D eigenvalue weighted by atomic mass is 9.75. The van der Waals surface area contributed by atoms with E-state index in [4.69, 9.17) is 4.43 Å². The average Bonchev–Trinajstić information content (AvgIpc) is 2.73. The van der Waals surface area contributed by atoms with Gasteiger partial charge >= 0.3 is 0 Å². The minimum Gasteiger partial charge on any atom is -0.414 e. The van der Waals surface area contributed by atoms with Gasteiger partial charge < -0.3 is 4.43 Å². The van der Waals surface area contributed by atoms with Crippen molar-refractivity contribution in [2.45, 2.75) is 94.8 Å². The summed E-state index contributed by atoms with van der Waals surface area (Å²) in [6.45, 7) is 15.7. The average molecular weight is 493 g/mol. The molecule has 184 valence electrons. The number of hydrogen-bond acceptors (Lipinski definition) is 5. The van der Waals surface area contributed by atoms with E-state index in [2.05, 4.69) is 53.0 Å². The third-order valence-electron chi connectivity index (χ3n) is 7.61. The molecule has 1 fully saturated rings. The van der Waals surface area contributed by atoms with Crippen molar-refractivity contribution in [1.29, 1.82) is 0 Å². The van der Waals surface area contributed by atoms with E-state index in [0.29, 0.717) is 23.2 Å². The quantitative estimate of drug-likeness (QED) is 0.393. The maximum atomic E-state index is 13.4. The Hall–Kier alpha value is -1.48. The van der Waals surface area contributed by atoms with Crippen molar-refractivity contribution in [2.75, 3.05) is 6.61 Å². The summed E-state index contributed by atoms with van der Waals surface area (Å²) >= 11 is 0. The zero-order chi connectivity index (χ0) is 24.6. The Labute approximate surface area is 200 Å². The lowest BCUT2D eigenvalue weighted by Crippen LogP contribution is -2.68.